The number of nitrogens with one attached hydrogen (secondary N) is 1. The fourth-order valence-electron chi connectivity index (χ4n) is 1.76. The van der Waals surface area contributed by atoms with E-state index < -0.39 is 0 Å². The molecular weight excluding hydrogens is 196 g/mol. The highest BCUT2D eigenvalue weighted by molar-refractivity contribution is 8.00. The van der Waals surface area contributed by atoms with Crippen LogP contribution in [-0.4, -0.2) is 47.5 Å². The van der Waals surface area contributed by atoms with E-state index in [1.807, 2.05) is 30.6 Å². The maximum Gasteiger partial charge on any atom is 0.239 e. The van der Waals surface area contributed by atoms with Crippen molar-refractivity contribution in [2.75, 3.05) is 20.1 Å². The Morgan fingerprint density at radius 3 is 2.36 bits per heavy atom. The van der Waals surface area contributed by atoms with Gasteiger partial charge in [0, 0.05) is 23.6 Å². The molecule has 4 heteroatoms. The zero-order chi connectivity index (χ0) is 10.7. The predicted octanol–water partition coefficient (Wildman–Crippen LogP) is 0.947. The molecule has 1 amide bonds. The van der Waals surface area contributed by atoms with Crippen LogP contribution in [0.25, 0.3) is 0 Å². The monoisotopic (exact) mass is 216 g/mol. The van der Waals surface area contributed by atoms with Gasteiger partial charge in [0.25, 0.3) is 0 Å². The molecule has 1 rings (SSSR count). The summed E-state index contributed by atoms with van der Waals surface area (Å²) < 4.78 is 0. The van der Waals surface area contributed by atoms with E-state index in [9.17, 15) is 4.79 Å². The Hall–Kier alpha value is -0.220. The summed E-state index contributed by atoms with van der Waals surface area (Å²) in [6, 6.07) is -0.0579. The van der Waals surface area contributed by atoms with Crippen LogP contribution in [0.1, 0.15) is 20.8 Å². The quantitative estimate of drug-likeness (QED) is 0.746. The standard InChI is InChI=1S/C10H20N2OS/c1-7-5-12(6-8(2)14-7)10(13)9(3)11-4/h7-9,11H,5-6H2,1-4H3. The van der Waals surface area contributed by atoms with Crippen LogP contribution in [-0.2, 0) is 4.79 Å². The summed E-state index contributed by atoms with van der Waals surface area (Å²) in [6.07, 6.45) is 0. The van der Waals surface area contributed by atoms with E-state index in [-0.39, 0.29) is 11.9 Å². The van der Waals surface area contributed by atoms with Crippen molar-refractivity contribution in [1.82, 2.24) is 10.2 Å². The average Bonchev–Trinajstić information content (AvgIpc) is 2.14. The van der Waals surface area contributed by atoms with Crippen molar-refractivity contribution in [2.24, 2.45) is 0 Å². The molecule has 0 aromatic heterocycles. The maximum absolute atomic E-state index is 11.9. The van der Waals surface area contributed by atoms with Crippen LogP contribution in [0.4, 0.5) is 0 Å². The van der Waals surface area contributed by atoms with Crippen molar-refractivity contribution >= 4 is 17.7 Å². The first-order valence-electron chi connectivity index (χ1n) is 5.16. The normalized spacial score (nSPS) is 30.1. The first kappa shape index (κ1) is 11.9. The molecule has 0 aliphatic carbocycles. The zero-order valence-corrected chi connectivity index (χ0v) is 10.2. The molecule has 0 spiro atoms. The largest absolute Gasteiger partial charge is 0.339 e. The van der Waals surface area contributed by atoms with E-state index in [1.54, 1.807) is 0 Å². The zero-order valence-electron chi connectivity index (χ0n) is 9.41. The van der Waals surface area contributed by atoms with Gasteiger partial charge in [0.1, 0.15) is 0 Å². The van der Waals surface area contributed by atoms with Gasteiger partial charge in [0.2, 0.25) is 5.91 Å². The van der Waals surface area contributed by atoms with E-state index in [2.05, 4.69) is 19.2 Å². The van der Waals surface area contributed by atoms with Crippen LogP contribution in [0, 0.1) is 0 Å². The highest BCUT2D eigenvalue weighted by Crippen LogP contribution is 2.24. The third-order valence-electron chi connectivity index (χ3n) is 2.53. The van der Waals surface area contributed by atoms with Gasteiger partial charge in [-0.1, -0.05) is 13.8 Å². The lowest BCUT2D eigenvalue weighted by molar-refractivity contribution is -0.133. The van der Waals surface area contributed by atoms with E-state index in [4.69, 9.17) is 0 Å². The number of thioether (sulfide) groups is 1. The lowest BCUT2D eigenvalue weighted by Crippen LogP contribution is -2.50. The number of rotatable bonds is 2. The van der Waals surface area contributed by atoms with E-state index >= 15 is 0 Å². The predicted molar refractivity (Wildman–Crippen MR) is 61.6 cm³/mol. The number of amides is 1. The Labute approximate surface area is 90.6 Å². The van der Waals surface area contributed by atoms with Crippen molar-refractivity contribution in [2.45, 2.75) is 37.3 Å². The van der Waals surface area contributed by atoms with Crippen LogP contribution in [0.5, 0.6) is 0 Å². The molecule has 0 aromatic carbocycles. The first-order chi connectivity index (χ1) is 6.54. The lowest BCUT2D eigenvalue weighted by Gasteiger charge is -2.35. The molecule has 1 aliphatic rings. The van der Waals surface area contributed by atoms with Crippen LogP contribution < -0.4 is 5.32 Å². The van der Waals surface area contributed by atoms with Gasteiger partial charge in [-0.3, -0.25) is 4.79 Å². The van der Waals surface area contributed by atoms with Crippen molar-refractivity contribution in [1.29, 1.82) is 0 Å². The molecule has 1 aliphatic heterocycles. The molecule has 0 bridgehead atoms. The molecule has 3 atom stereocenters. The molecule has 0 saturated carbocycles. The Kier molecular flexibility index (Phi) is 4.26. The van der Waals surface area contributed by atoms with Gasteiger partial charge in [-0.25, -0.2) is 0 Å². The maximum atomic E-state index is 11.9. The summed E-state index contributed by atoms with van der Waals surface area (Å²) in [5.74, 6) is 0.228. The number of carbonyl (C=O) groups is 1. The summed E-state index contributed by atoms with van der Waals surface area (Å²) >= 11 is 1.97. The molecule has 82 valence electrons. The molecule has 1 N–H and O–H groups in total. The molecular formula is C10H20N2OS. The van der Waals surface area contributed by atoms with E-state index in [0.29, 0.717) is 10.5 Å². The lowest BCUT2D eigenvalue weighted by atomic mass is 10.2. The minimum Gasteiger partial charge on any atom is -0.339 e. The summed E-state index contributed by atoms with van der Waals surface area (Å²) in [5, 5.41) is 4.12. The third-order valence-corrected chi connectivity index (χ3v) is 3.76. The molecule has 0 aromatic rings. The third kappa shape index (κ3) is 2.89. The molecule has 14 heavy (non-hydrogen) atoms. The van der Waals surface area contributed by atoms with Crippen LogP contribution in [0.15, 0.2) is 0 Å². The van der Waals surface area contributed by atoms with Crippen molar-refractivity contribution < 1.29 is 4.79 Å². The topological polar surface area (TPSA) is 32.3 Å². The number of nitrogens with zero attached hydrogens (tertiary/aromatic N) is 1. The summed E-state index contributed by atoms with van der Waals surface area (Å²) in [5.41, 5.74) is 0. The van der Waals surface area contributed by atoms with Crippen molar-refractivity contribution in [3.63, 3.8) is 0 Å². The first-order valence-corrected chi connectivity index (χ1v) is 6.10. The van der Waals surface area contributed by atoms with Crippen LogP contribution >= 0.6 is 11.8 Å². The van der Waals surface area contributed by atoms with Gasteiger partial charge in [-0.2, -0.15) is 11.8 Å². The van der Waals surface area contributed by atoms with Gasteiger partial charge in [-0.05, 0) is 14.0 Å². The highest BCUT2D eigenvalue weighted by atomic mass is 32.2. The Morgan fingerprint density at radius 1 is 1.43 bits per heavy atom. The Morgan fingerprint density at radius 2 is 1.93 bits per heavy atom. The Bertz CT molecular complexity index is 200. The molecule has 3 nitrogen and oxygen atoms in total. The molecule has 0 radical (unpaired) electrons. The van der Waals surface area contributed by atoms with Gasteiger partial charge >= 0.3 is 0 Å². The van der Waals surface area contributed by atoms with Crippen LogP contribution in [0.3, 0.4) is 0 Å². The summed E-state index contributed by atoms with van der Waals surface area (Å²) in [4.78, 5) is 13.9. The van der Waals surface area contributed by atoms with Crippen molar-refractivity contribution in [3.8, 4) is 0 Å². The van der Waals surface area contributed by atoms with E-state index in [1.165, 1.54) is 0 Å². The van der Waals surface area contributed by atoms with Gasteiger partial charge in [0.05, 0.1) is 6.04 Å². The Balaban J connectivity index is 2.54. The number of hydrogen-bond acceptors (Lipinski definition) is 3. The summed E-state index contributed by atoms with van der Waals surface area (Å²) in [7, 11) is 1.83. The van der Waals surface area contributed by atoms with Gasteiger partial charge in [0.15, 0.2) is 0 Å². The fourth-order valence-corrected chi connectivity index (χ4v) is 3.08. The van der Waals surface area contributed by atoms with Gasteiger partial charge < -0.3 is 10.2 Å². The molecule has 1 fully saturated rings. The average molecular weight is 216 g/mol. The SMILES string of the molecule is CNC(C)C(=O)N1CC(C)SC(C)C1. The molecule has 1 saturated heterocycles. The van der Waals surface area contributed by atoms with E-state index in [0.717, 1.165) is 13.1 Å². The minimum atomic E-state index is -0.0579. The highest BCUT2D eigenvalue weighted by Gasteiger charge is 2.27. The van der Waals surface area contributed by atoms with Crippen molar-refractivity contribution in [3.05, 3.63) is 0 Å². The number of likely N-dealkylation sites (N-methyl/N-ethyl adjacent to an activating group) is 1. The smallest absolute Gasteiger partial charge is 0.239 e. The fraction of sp³-hybridized carbons (Fsp3) is 0.900. The summed E-state index contributed by atoms with van der Waals surface area (Å²) in [6.45, 7) is 8.06. The van der Waals surface area contributed by atoms with Crippen LogP contribution in [0.2, 0.25) is 0 Å². The molecule has 3 unspecified atom stereocenters. The number of hydrogen-bond donors (Lipinski definition) is 1. The minimum absolute atomic E-state index is 0.0579. The second-order valence-electron chi connectivity index (χ2n) is 4.01. The second-order valence-corrected chi connectivity index (χ2v) is 5.89. The van der Waals surface area contributed by atoms with Gasteiger partial charge in [-0.15, -0.1) is 0 Å². The number of carbonyl (C=O) groups excluding carboxylic acids is 1. The molecule has 1 heterocycles. The second kappa shape index (κ2) is 5.03.